The Hall–Kier alpha value is -1.62. The molecule has 0 aliphatic carbocycles. The average Bonchev–Trinajstić information content (AvgIpc) is 2.35. The van der Waals surface area contributed by atoms with E-state index in [0.29, 0.717) is 18.4 Å². The molecule has 0 amide bonds. The summed E-state index contributed by atoms with van der Waals surface area (Å²) < 4.78 is 13.1. The first-order valence-corrected chi connectivity index (χ1v) is 5.95. The number of aliphatic imine (C=N–C) groups is 1. The van der Waals surface area contributed by atoms with Gasteiger partial charge in [0, 0.05) is 12.1 Å². The zero-order valence-electron chi connectivity index (χ0n) is 10.8. The topological polar surface area (TPSA) is 70.6 Å². The van der Waals surface area contributed by atoms with Crippen LogP contribution in [0, 0.1) is 11.7 Å². The summed E-state index contributed by atoms with van der Waals surface area (Å²) in [6.45, 7) is 4.97. The van der Waals surface area contributed by atoms with Crippen molar-refractivity contribution in [3.8, 4) is 0 Å². The van der Waals surface area contributed by atoms with Crippen molar-refractivity contribution in [3.63, 3.8) is 0 Å². The fourth-order valence-electron chi connectivity index (χ4n) is 1.39. The van der Waals surface area contributed by atoms with Gasteiger partial charge >= 0.3 is 0 Å². The van der Waals surface area contributed by atoms with Crippen LogP contribution in [0.3, 0.4) is 0 Å². The molecular weight excluding hydrogens is 233 g/mol. The Labute approximate surface area is 107 Å². The molecule has 5 heteroatoms. The first-order chi connectivity index (χ1) is 8.52. The van der Waals surface area contributed by atoms with E-state index in [1.807, 2.05) is 0 Å². The van der Waals surface area contributed by atoms with Gasteiger partial charge in [-0.25, -0.2) is 9.38 Å². The van der Waals surface area contributed by atoms with Crippen molar-refractivity contribution >= 4 is 5.96 Å². The molecule has 0 aromatic heterocycles. The maximum absolute atomic E-state index is 13.1. The lowest BCUT2D eigenvalue weighted by Crippen LogP contribution is -2.34. The Kier molecular flexibility index (Phi) is 5.58. The van der Waals surface area contributed by atoms with Gasteiger partial charge in [0.05, 0.1) is 13.2 Å². The van der Waals surface area contributed by atoms with Crippen LogP contribution in [0.4, 0.5) is 4.39 Å². The highest BCUT2D eigenvalue weighted by molar-refractivity contribution is 5.77. The Balaban J connectivity index is 2.59. The van der Waals surface area contributed by atoms with E-state index in [1.54, 1.807) is 12.1 Å². The number of benzene rings is 1. The average molecular weight is 253 g/mol. The summed E-state index contributed by atoms with van der Waals surface area (Å²) >= 11 is 0. The van der Waals surface area contributed by atoms with Gasteiger partial charge in [-0.15, -0.1) is 0 Å². The van der Waals surface area contributed by atoms with E-state index in [0.717, 1.165) is 12.1 Å². The third-order valence-corrected chi connectivity index (χ3v) is 2.40. The number of nitrogens with two attached hydrogens (primary N) is 1. The molecule has 1 aromatic rings. The summed E-state index contributed by atoms with van der Waals surface area (Å²) in [7, 11) is 0. The number of hydrogen-bond donors (Lipinski definition) is 3. The van der Waals surface area contributed by atoms with Gasteiger partial charge < -0.3 is 16.2 Å². The van der Waals surface area contributed by atoms with Crippen molar-refractivity contribution < 1.29 is 9.50 Å². The molecule has 0 aliphatic heterocycles. The standard InChI is InChI=1S/C13H20FN3O/c1-9(2)6-16-13(15)17-7-10-3-4-12(14)11(5-10)8-18/h3-5,9,18H,6-8H2,1-2H3,(H3,15,16,17). The molecule has 0 saturated heterocycles. The summed E-state index contributed by atoms with van der Waals surface area (Å²) in [6.07, 6.45) is 0. The van der Waals surface area contributed by atoms with Crippen LogP contribution < -0.4 is 11.1 Å². The molecule has 4 nitrogen and oxygen atoms in total. The van der Waals surface area contributed by atoms with Crippen LogP contribution in [0.25, 0.3) is 0 Å². The summed E-state index contributed by atoms with van der Waals surface area (Å²) in [5.41, 5.74) is 6.77. The molecular formula is C13H20FN3O. The predicted octanol–water partition coefficient (Wildman–Crippen LogP) is 1.38. The van der Waals surface area contributed by atoms with Gasteiger partial charge in [0.1, 0.15) is 5.82 Å². The third-order valence-electron chi connectivity index (χ3n) is 2.40. The number of guanidine groups is 1. The number of rotatable bonds is 5. The lowest BCUT2D eigenvalue weighted by atomic mass is 10.1. The number of aliphatic hydroxyl groups excluding tert-OH is 1. The minimum Gasteiger partial charge on any atom is -0.392 e. The minimum atomic E-state index is -0.406. The van der Waals surface area contributed by atoms with E-state index in [2.05, 4.69) is 24.2 Å². The first-order valence-electron chi connectivity index (χ1n) is 5.95. The van der Waals surface area contributed by atoms with E-state index >= 15 is 0 Å². The van der Waals surface area contributed by atoms with Gasteiger partial charge in [-0.05, 0) is 23.6 Å². The van der Waals surface area contributed by atoms with Crippen molar-refractivity contribution in [2.45, 2.75) is 27.0 Å². The summed E-state index contributed by atoms with van der Waals surface area (Å²) in [4.78, 5) is 4.15. The summed E-state index contributed by atoms with van der Waals surface area (Å²) in [6, 6.07) is 4.55. The molecule has 0 fully saturated rings. The van der Waals surface area contributed by atoms with E-state index in [4.69, 9.17) is 10.8 Å². The van der Waals surface area contributed by atoms with Crippen LogP contribution >= 0.6 is 0 Å². The van der Waals surface area contributed by atoms with E-state index in [9.17, 15) is 4.39 Å². The van der Waals surface area contributed by atoms with Crippen molar-refractivity contribution in [2.24, 2.45) is 16.6 Å². The highest BCUT2D eigenvalue weighted by atomic mass is 19.1. The molecule has 1 aromatic carbocycles. The number of nitrogens with zero attached hydrogens (tertiary/aromatic N) is 1. The molecule has 18 heavy (non-hydrogen) atoms. The fraction of sp³-hybridized carbons (Fsp3) is 0.462. The number of halogens is 1. The van der Waals surface area contributed by atoms with Gasteiger partial charge in [-0.1, -0.05) is 19.9 Å². The van der Waals surface area contributed by atoms with Crippen LogP contribution in [0.5, 0.6) is 0 Å². The Morgan fingerprint density at radius 3 is 2.83 bits per heavy atom. The van der Waals surface area contributed by atoms with E-state index in [-0.39, 0.29) is 12.2 Å². The number of hydrogen-bond acceptors (Lipinski definition) is 2. The number of aliphatic hydroxyl groups is 1. The zero-order chi connectivity index (χ0) is 13.5. The molecule has 0 aliphatic rings. The maximum Gasteiger partial charge on any atom is 0.188 e. The molecule has 1 rings (SSSR count). The fourth-order valence-corrected chi connectivity index (χ4v) is 1.39. The van der Waals surface area contributed by atoms with E-state index < -0.39 is 5.82 Å². The third kappa shape index (κ3) is 4.71. The Morgan fingerprint density at radius 2 is 2.22 bits per heavy atom. The molecule has 0 atom stereocenters. The van der Waals surface area contributed by atoms with Crippen LogP contribution in [0.1, 0.15) is 25.0 Å². The Bertz CT molecular complexity index is 419. The molecule has 0 unspecified atom stereocenters. The summed E-state index contributed by atoms with van der Waals surface area (Å²) in [5, 5.41) is 11.9. The van der Waals surface area contributed by atoms with Gasteiger partial charge in [0.2, 0.25) is 0 Å². The first kappa shape index (κ1) is 14.4. The van der Waals surface area contributed by atoms with Gasteiger partial charge in [0.15, 0.2) is 5.96 Å². The second-order valence-electron chi connectivity index (χ2n) is 4.56. The molecule has 0 saturated carbocycles. The van der Waals surface area contributed by atoms with Crippen LogP contribution in [-0.4, -0.2) is 17.6 Å². The highest BCUT2D eigenvalue weighted by Crippen LogP contribution is 2.11. The molecule has 4 N–H and O–H groups in total. The van der Waals surface area contributed by atoms with Crippen molar-refractivity contribution in [1.29, 1.82) is 0 Å². The van der Waals surface area contributed by atoms with Crippen molar-refractivity contribution in [3.05, 3.63) is 35.1 Å². The summed E-state index contributed by atoms with van der Waals surface area (Å²) in [5.74, 6) is 0.459. The van der Waals surface area contributed by atoms with Crippen LogP contribution in [0.2, 0.25) is 0 Å². The van der Waals surface area contributed by atoms with Crippen LogP contribution in [-0.2, 0) is 13.2 Å². The molecule has 0 bridgehead atoms. The minimum absolute atomic E-state index is 0.274. The smallest absolute Gasteiger partial charge is 0.188 e. The second-order valence-corrected chi connectivity index (χ2v) is 4.56. The molecule has 0 radical (unpaired) electrons. The highest BCUT2D eigenvalue weighted by Gasteiger charge is 2.02. The molecule has 100 valence electrons. The second kappa shape index (κ2) is 6.96. The largest absolute Gasteiger partial charge is 0.392 e. The van der Waals surface area contributed by atoms with Crippen molar-refractivity contribution in [1.82, 2.24) is 5.32 Å². The van der Waals surface area contributed by atoms with Gasteiger partial charge in [-0.2, -0.15) is 0 Å². The molecule has 0 spiro atoms. The predicted molar refractivity (Wildman–Crippen MR) is 70.5 cm³/mol. The quantitative estimate of drug-likeness (QED) is 0.548. The maximum atomic E-state index is 13.1. The van der Waals surface area contributed by atoms with Gasteiger partial charge in [-0.3, -0.25) is 0 Å². The van der Waals surface area contributed by atoms with Crippen LogP contribution in [0.15, 0.2) is 23.2 Å². The number of nitrogens with one attached hydrogen (secondary N) is 1. The van der Waals surface area contributed by atoms with Gasteiger partial charge in [0.25, 0.3) is 0 Å². The lowest BCUT2D eigenvalue weighted by molar-refractivity contribution is 0.275. The SMILES string of the molecule is CC(C)CNC(N)=NCc1ccc(F)c(CO)c1. The Morgan fingerprint density at radius 1 is 1.50 bits per heavy atom. The monoisotopic (exact) mass is 253 g/mol. The zero-order valence-corrected chi connectivity index (χ0v) is 10.8. The normalized spacial score (nSPS) is 11.9. The molecule has 0 heterocycles. The van der Waals surface area contributed by atoms with E-state index in [1.165, 1.54) is 6.07 Å². The van der Waals surface area contributed by atoms with Crippen molar-refractivity contribution in [2.75, 3.05) is 6.54 Å². The lowest BCUT2D eigenvalue weighted by Gasteiger charge is -2.08.